The summed E-state index contributed by atoms with van der Waals surface area (Å²) in [5, 5.41) is 0. The number of hydrogen-bond acceptors (Lipinski definition) is 4. The maximum absolute atomic E-state index is 12.9. The van der Waals surface area contributed by atoms with Gasteiger partial charge in [0.15, 0.2) is 11.5 Å². The summed E-state index contributed by atoms with van der Waals surface area (Å²) in [7, 11) is 0. The van der Waals surface area contributed by atoms with Crippen LogP contribution in [0.5, 0.6) is 11.5 Å². The van der Waals surface area contributed by atoms with Crippen LogP contribution in [0.2, 0.25) is 0 Å². The number of rotatable bonds is 1. The quantitative estimate of drug-likeness (QED) is 0.797. The molecule has 2 heterocycles. The van der Waals surface area contributed by atoms with E-state index in [9.17, 15) is 4.79 Å². The smallest absolute Gasteiger partial charge is 0.267 e. The van der Waals surface area contributed by atoms with E-state index in [1.807, 2.05) is 29.2 Å². The van der Waals surface area contributed by atoms with Crippen molar-refractivity contribution < 1.29 is 19.0 Å². The molecule has 1 atom stereocenters. The summed E-state index contributed by atoms with van der Waals surface area (Å²) in [6, 6.07) is 7.50. The van der Waals surface area contributed by atoms with E-state index in [-0.39, 0.29) is 17.9 Å². The van der Waals surface area contributed by atoms with Crippen molar-refractivity contribution >= 4 is 5.91 Å². The highest BCUT2D eigenvalue weighted by Gasteiger charge is 2.41. The third-order valence-electron chi connectivity index (χ3n) is 5.20. The van der Waals surface area contributed by atoms with Gasteiger partial charge in [-0.2, -0.15) is 0 Å². The number of amides is 1. The van der Waals surface area contributed by atoms with E-state index in [4.69, 9.17) is 14.2 Å². The normalized spacial score (nSPS) is 26.1. The Labute approximate surface area is 136 Å². The predicted octanol–water partition coefficient (Wildman–Crippen LogP) is 2.25. The lowest BCUT2D eigenvalue weighted by Crippen LogP contribution is -2.49. The van der Waals surface area contributed by atoms with Gasteiger partial charge in [0.05, 0.1) is 13.2 Å². The van der Waals surface area contributed by atoms with E-state index in [0.717, 1.165) is 26.0 Å². The summed E-state index contributed by atoms with van der Waals surface area (Å²) >= 11 is 0. The Bertz CT molecular complexity index is 582. The van der Waals surface area contributed by atoms with Crippen molar-refractivity contribution in [2.24, 2.45) is 5.41 Å². The standard InChI is InChI=1S/C18H23NO4/c20-17(16-11-22-14-5-1-2-6-15(14)23-16)19-9-10-21-13-18(12-19)7-3-4-8-18/h1-2,5-6,16H,3-4,7-13H2/t16-/m1/s1. The number of ether oxygens (including phenoxy) is 3. The largest absolute Gasteiger partial charge is 0.485 e. The van der Waals surface area contributed by atoms with Crippen molar-refractivity contribution in [3.05, 3.63) is 24.3 Å². The molecule has 0 N–H and O–H groups in total. The Hall–Kier alpha value is -1.75. The van der Waals surface area contributed by atoms with E-state index >= 15 is 0 Å². The molecule has 3 aliphatic rings. The average molecular weight is 317 g/mol. The Morgan fingerprint density at radius 2 is 1.96 bits per heavy atom. The maximum atomic E-state index is 12.9. The molecule has 5 heteroatoms. The summed E-state index contributed by atoms with van der Waals surface area (Å²) in [4.78, 5) is 14.9. The van der Waals surface area contributed by atoms with Gasteiger partial charge in [0.2, 0.25) is 6.10 Å². The SMILES string of the molecule is O=C([C@H]1COc2ccccc2O1)N1CCOCC2(CCCC2)C1. The van der Waals surface area contributed by atoms with Crippen LogP contribution in [0.25, 0.3) is 0 Å². The van der Waals surface area contributed by atoms with E-state index in [0.29, 0.717) is 24.7 Å². The molecule has 1 aliphatic carbocycles. The van der Waals surface area contributed by atoms with Crippen molar-refractivity contribution in [3.63, 3.8) is 0 Å². The number of hydrogen-bond donors (Lipinski definition) is 0. The van der Waals surface area contributed by atoms with Gasteiger partial charge in [0, 0.05) is 18.5 Å². The highest BCUT2D eigenvalue weighted by molar-refractivity contribution is 5.82. The molecule has 1 amide bonds. The van der Waals surface area contributed by atoms with Crippen LogP contribution in [0, 0.1) is 5.41 Å². The predicted molar refractivity (Wildman–Crippen MR) is 84.7 cm³/mol. The number of carbonyl (C=O) groups is 1. The van der Waals surface area contributed by atoms with Crippen molar-refractivity contribution in [3.8, 4) is 11.5 Å². The van der Waals surface area contributed by atoms with Gasteiger partial charge in [-0.05, 0) is 25.0 Å². The first-order valence-corrected chi connectivity index (χ1v) is 8.51. The molecular weight excluding hydrogens is 294 g/mol. The molecule has 4 rings (SSSR count). The van der Waals surface area contributed by atoms with Gasteiger partial charge >= 0.3 is 0 Å². The van der Waals surface area contributed by atoms with Gasteiger partial charge in [-0.25, -0.2) is 0 Å². The van der Waals surface area contributed by atoms with E-state index in [1.54, 1.807) is 0 Å². The maximum Gasteiger partial charge on any atom is 0.267 e. The molecular formula is C18H23NO4. The van der Waals surface area contributed by atoms with Gasteiger partial charge in [-0.15, -0.1) is 0 Å². The zero-order chi connectivity index (χ0) is 15.7. The molecule has 5 nitrogen and oxygen atoms in total. The average Bonchev–Trinajstić information content (AvgIpc) is 2.94. The zero-order valence-electron chi connectivity index (χ0n) is 13.3. The first-order valence-electron chi connectivity index (χ1n) is 8.51. The lowest BCUT2D eigenvalue weighted by molar-refractivity contribution is -0.142. The molecule has 1 spiro atoms. The summed E-state index contributed by atoms with van der Waals surface area (Å²) < 4.78 is 17.4. The van der Waals surface area contributed by atoms with E-state index in [1.165, 1.54) is 12.8 Å². The minimum absolute atomic E-state index is 0.0243. The van der Waals surface area contributed by atoms with Crippen molar-refractivity contribution in [2.45, 2.75) is 31.8 Å². The number of nitrogens with zero attached hydrogens (tertiary/aromatic N) is 1. The highest BCUT2D eigenvalue weighted by Crippen LogP contribution is 2.40. The van der Waals surface area contributed by atoms with Gasteiger partial charge in [-0.1, -0.05) is 25.0 Å². The molecule has 2 aliphatic heterocycles. The highest BCUT2D eigenvalue weighted by atomic mass is 16.6. The van der Waals surface area contributed by atoms with E-state index < -0.39 is 6.10 Å². The molecule has 0 radical (unpaired) electrons. The minimum Gasteiger partial charge on any atom is -0.485 e. The Balaban J connectivity index is 1.48. The molecule has 2 fully saturated rings. The monoisotopic (exact) mass is 317 g/mol. The van der Waals surface area contributed by atoms with Crippen LogP contribution < -0.4 is 9.47 Å². The van der Waals surface area contributed by atoms with Crippen molar-refractivity contribution in [1.29, 1.82) is 0 Å². The topological polar surface area (TPSA) is 48.0 Å². The van der Waals surface area contributed by atoms with Crippen molar-refractivity contribution in [2.75, 3.05) is 32.9 Å². The lowest BCUT2D eigenvalue weighted by Gasteiger charge is -2.34. The van der Waals surface area contributed by atoms with Crippen molar-refractivity contribution in [1.82, 2.24) is 4.90 Å². The summed E-state index contributed by atoms with van der Waals surface area (Å²) in [6.07, 6.45) is 4.23. The minimum atomic E-state index is -0.554. The van der Waals surface area contributed by atoms with Gasteiger partial charge < -0.3 is 19.1 Å². The van der Waals surface area contributed by atoms with Crippen LogP contribution in [0.1, 0.15) is 25.7 Å². The number of carbonyl (C=O) groups excluding carboxylic acids is 1. The Kier molecular flexibility index (Phi) is 3.89. The van der Waals surface area contributed by atoms with Crippen LogP contribution in [0.3, 0.4) is 0 Å². The molecule has 1 saturated heterocycles. The number of para-hydroxylation sites is 2. The Morgan fingerprint density at radius 3 is 2.78 bits per heavy atom. The summed E-state index contributed by atoms with van der Waals surface area (Å²) in [5.74, 6) is 1.39. The molecule has 1 saturated carbocycles. The third kappa shape index (κ3) is 2.90. The molecule has 0 unspecified atom stereocenters. The lowest BCUT2D eigenvalue weighted by atomic mass is 9.86. The van der Waals surface area contributed by atoms with Crippen LogP contribution in [0.4, 0.5) is 0 Å². The van der Waals surface area contributed by atoms with Crippen LogP contribution in [-0.4, -0.2) is 49.8 Å². The Morgan fingerprint density at radius 1 is 1.17 bits per heavy atom. The van der Waals surface area contributed by atoms with Crippen LogP contribution >= 0.6 is 0 Å². The van der Waals surface area contributed by atoms with Crippen LogP contribution in [0.15, 0.2) is 24.3 Å². The second-order valence-corrected chi connectivity index (χ2v) is 6.88. The first-order chi connectivity index (χ1) is 11.3. The molecule has 124 valence electrons. The van der Waals surface area contributed by atoms with Crippen LogP contribution in [-0.2, 0) is 9.53 Å². The fourth-order valence-corrected chi connectivity index (χ4v) is 3.95. The molecule has 0 bridgehead atoms. The molecule has 1 aromatic rings. The molecule has 23 heavy (non-hydrogen) atoms. The van der Waals surface area contributed by atoms with Gasteiger partial charge in [-0.3, -0.25) is 4.79 Å². The van der Waals surface area contributed by atoms with Gasteiger partial charge in [0.25, 0.3) is 5.91 Å². The van der Waals surface area contributed by atoms with E-state index in [2.05, 4.69) is 0 Å². The first kappa shape index (κ1) is 14.8. The van der Waals surface area contributed by atoms with Gasteiger partial charge in [0.1, 0.15) is 6.61 Å². The fraction of sp³-hybridized carbons (Fsp3) is 0.611. The number of fused-ring (bicyclic) bond motifs is 1. The summed E-state index contributed by atoms with van der Waals surface area (Å²) in [6.45, 7) is 3.09. The zero-order valence-corrected chi connectivity index (χ0v) is 13.3. The second-order valence-electron chi connectivity index (χ2n) is 6.88. The second kappa shape index (κ2) is 6.04. The fourth-order valence-electron chi connectivity index (χ4n) is 3.95. The number of benzene rings is 1. The third-order valence-corrected chi connectivity index (χ3v) is 5.20. The summed E-state index contributed by atoms with van der Waals surface area (Å²) in [5.41, 5.74) is 0.152. The molecule has 1 aromatic carbocycles. The molecule has 0 aromatic heterocycles.